The molecule has 1 unspecified atom stereocenters. The van der Waals surface area contributed by atoms with Gasteiger partial charge >= 0.3 is 0 Å². The third kappa shape index (κ3) is 2.32. The van der Waals surface area contributed by atoms with Crippen molar-refractivity contribution >= 4 is 18.4 Å². The Hall–Kier alpha value is -2.20. The lowest BCUT2D eigenvalue weighted by Gasteiger charge is -2.26. The summed E-state index contributed by atoms with van der Waals surface area (Å²) in [4.78, 5) is 11.2. The van der Waals surface area contributed by atoms with Gasteiger partial charge in [-0.1, -0.05) is 66.4 Å². The molecular formula is C17H17NO2Si. The standard InChI is InChI=1S/C17H17NO2Si/c1-14-12-21(13-17(14)18(19)20,15-8-4-2-5-9-15)16-10-6-3-7-11-16/h2-12,17H,13H2,1H3. The monoisotopic (exact) mass is 295 g/mol. The summed E-state index contributed by atoms with van der Waals surface area (Å²) >= 11 is 0. The third-order valence-electron chi connectivity index (χ3n) is 4.35. The van der Waals surface area contributed by atoms with Crippen LogP contribution in [0.5, 0.6) is 0 Å². The van der Waals surface area contributed by atoms with Gasteiger partial charge in [0.15, 0.2) is 0 Å². The van der Waals surface area contributed by atoms with Crippen LogP contribution in [0.25, 0.3) is 0 Å². The molecule has 0 aliphatic carbocycles. The first-order valence-corrected chi connectivity index (χ1v) is 9.36. The van der Waals surface area contributed by atoms with E-state index in [1.807, 2.05) is 43.3 Å². The summed E-state index contributed by atoms with van der Waals surface area (Å²) in [5, 5.41) is 13.8. The summed E-state index contributed by atoms with van der Waals surface area (Å²) < 4.78 is 0. The van der Waals surface area contributed by atoms with Crippen LogP contribution in [-0.2, 0) is 0 Å². The van der Waals surface area contributed by atoms with Gasteiger partial charge < -0.3 is 0 Å². The molecule has 0 fully saturated rings. The minimum atomic E-state index is -2.18. The molecule has 1 heterocycles. The van der Waals surface area contributed by atoms with E-state index >= 15 is 0 Å². The van der Waals surface area contributed by atoms with Gasteiger partial charge in [0.2, 0.25) is 6.04 Å². The Morgan fingerprint density at radius 1 is 1.00 bits per heavy atom. The summed E-state index contributed by atoms with van der Waals surface area (Å²) in [5.41, 5.74) is 3.12. The van der Waals surface area contributed by atoms with Gasteiger partial charge in [0.05, 0.1) is 0 Å². The second-order valence-corrected chi connectivity index (χ2v) is 9.39. The van der Waals surface area contributed by atoms with E-state index in [0.29, 0.717) is 6.04 Å². The molecule has 0 radical (unpaired) electrons. The minimum Gasteiger partial charge on any atom is -0.264 e. The van der Waals surface area contributed by atoms with Crippen LogP contribution in [-0.4, -0.2) is 19.0 Å². The zero-order chi connectivity index (χ0) is 14.9. The maximum atomic E-state index is 11.3. The quantitative estimate of drug-likeness (QED) is 0.496. The zero-order valence-corrected chi connectivity index (χ0v) is 12.9. The Labute approximate surface area is 125 Å². The summed E-state index contributed by atoms with van der Waals surface area (Å²) in [7, 11) is -2.18. The predicted octanol–water partition coefficient (Wildman–Crippen LogP) is 2.39. The van der Waals surface area contributed by atoms with Crippen LogP contribution in [0.4, 0.5) is 0 Å². The summed E-state index contributed by atoms with van der Waals surface area (Å²) in [5.74, 6) is 0. The zero-order valence-electron chi connectivity index (χ0n) is 11.9. The molecule has 0 amide bonds. The van der Waals surface area contributed by atoms with Crippen molar-refractivity contribution in [1.82, 2.24) is 0 Å². The number of hydrogen-bond donors (Lipinski definition) is 0. The Balaban J connectivity index is 2.17. The second kappa shape index (κ2) is 5.29. The highest BCUT2D eigenvalue weighted by Crippen LogP contribution is 2.29. The van der Waals surface area contributed by atoms with E-state index in [-0.39, 0.29) is 4.92 Å². The molecule has 0 bridgehead atoms. The fourth-order valence-electron chi connectivity index (χ4n) is 3.29. The van der Waals surface area contributed by atoms with Gasteiger partial charge in [-0.2, -0.15) is 0 Å². The summed E-state index contributed by atoms with van der Waals surface area (Å²) in [6.45, 7) is 1.90. The molecule has 3 rings (SSSR count). The van der Waals surface area contributed by atoms with Crippen LogP contribution in [0.2, 0.25) is 6.04 Å². The van der Waals surface area contributed by atoms with Gasteiger partial charge in [0, 0.05) is 11.0 Å². The number of nitrogens with zero attached hydrogens (tertiary/aromatic N) is 1. The van der Waals surface area contributed by atoms with Crippen molar-refractivity contribution in [2.75, 3.05) is 0 Å². The maximum absolute atomic E-state index is 11.3. The minimum absolute atomic E-state index is 0.132. The molecule has 1 aliphatic heterocycles. The van der Waals surface area contributed by atoms with E-state index in [0.717, 1.165) is 5.57 Å². The van der Waals surface area contributed by atoms with Gasteiger partial charge in [-0.3, -0.25) is 10.1 Å². The average molecular weight is 295 g/mol. The van der Waals surface area contributed by atoms with Crippen LogP contribution in [0, 0.1) is 10.1 Å². The van der Waals surface area contributed by atoms with E-state index in [1.165, 1.54) is 10.4 Å². The summed E-state index contributed by atoms with van der Waals surface area (Å²) in [6.07, 6.45) is 0. The predicted molar refractivity (Wildman–Crippen MR) is 87.3 cm³/mol. The van der Waals surface area contributed by atoms with Crippen molar-refractivity contribution in [3.63, 3.8) is 0 Å². The average Bonchev–Trinajstić information content (AvgIpc) is 2.88. The molecule has 106 valence electrons. The lowest BCUT2D eigenvalue weighted by atomic mass is 10.2. The molecule has 4 heteroatoms. The first-order valence-electron chi connectivity index (χ1n) is 7.07. The highest BCUT2D eigenvalue weighted by molar-refractivity contribution is 7.06. The van der Waals surface area contributed by atoms with Gasteiger partial charge in [0.25, 0.3) is 0 Å². The van der Waals surface area contributed by atoms with Crippen molar-refractivity contribution in [3.05, 3.63) is 82.1 Å². The normalized spacial score (nSPS) is 20.0. The van der Waals surface area contributed by atoms with E-state index in [2.05, 4.69) is 30.0 Å². The van der Waals surface area contributed by atoms with Crippen molar-refractivity contribution in [2.45, 2.75) is 19.0 Å². The van der Waals surface area contributed by atoms with Crippen LogP contribution >= 0.6 is 0 Å². The Morgan fingerprint density at radius 3 is 1.86 bits per heavy atom. The fraction of sp³-hybridized carbons (Fsp3) is 0.176. The molecule has 0 spiro atoms. The molecule has 21 heavy (non-hydrogen) atoms. The highest BCUT2D eigenvalue weighted by atomic mass is 28.3. The lowest BCUT2D eigenvalue weighted by molar-refractivity contribution is -0.506. The first kappa shape index (κ1) is 13.8. The van der Waals surface area contributed by atoms with Crippen LogP contribution in [0.15, 0.2) is 71.9 Å². The first-order chi connectivity index (χ1) is 10.1. The SMILES string of the molecule is CC1=C[Si](c2ccccc2)(c2ccccc2)CC1[N+](=O)[O-]. The number of rotatable bonds is 3. The van der Waals surface area contributed by atoms with E-state index < -0.39 is 14.1 Å². The molecule has 2 aromatic carbocycles. The molecule has 0 saturated carbocycles. The summed E-state index contributed by atoms with van der Waals surface area (Å²) in [6, 6.07) is 20.6. The van der Waals surface area contributed by atoms with Crippen LogP contribution < -0.4 is 10.4 Å². The molecule has 0 aromatic heterocycles. The van der Waals surface area contributed by atoms with Crippen LogP contribution in [0.3, 0.4) is 0 Å². The molecule has 1 atom stereocenters. The van der Waals surface area contributed by atoms with Gasteiger partial charge in [-0.15, -0.1) is 0 Å². The number of benzene rings is 2. The van der Waals surface area contributed by atoms with Crippen molar-refractivity contribution in [1.29, 1.82) is 0 Å². The largest absolute Gasteiger partial charge is 0.264 e. The van der Waals surface area contributed by atoms with Crippen molar-refractivity contribution in [2.24, 2.45) is 0 Å². The van der Waals surface area contributed by atoms with E-state index in [9.17, 15) is 10.1 Å². The Bertz CT molecular complexity index is 643. The van der Waals surface area contributed by atoms with Gasteiger partial charge in [0.1, 0.15) is 8.07 Å². The molecule has 0 N–H and O–H groups in total. The molecule has 2 aromatic rings. The Morgan fingerprint density at radius 2 is 1.48 bits per heavy atom. The third-order valence-corrected chi connectivity index (χ3v) is 9.05. The van der Waals surface area contributed by atoms with Gasteiger partial charge in [-0.25, -0.2) is 0 Å². The molecule has 1 aliphatic rings. The van der Waals surface area contributed by atoms with Crippen molar-refractivity contribution < 1.29 is 4.92 Å². The topological polar surface area (TPSA) is 43.1 Å². The maximum Gasteiger partial charge on any atom is 0.232 e. The van der Waals surface area contributed by atoms with E-state index in [4.69, 9.17) is 0 Å². The molecule has 0 saturated heterocycles. The molecule has 3 nitrogen and oxygen atoms in total. The smallest absolute Gasteiger partial charge is 0.232 e. The van der Waals surface area contributed by atoms with Gasteiger partial charge in [-0.05, 0) is 22.9 Å². The fourth-order valence-corrected chi connectivity index (χ4v) is 8.17. The Kier molecular flexibility index (Phi) is 3.47. The number of hydrogen-bond acceptors (Lipinski definition) is 2. The second-order valence-electron chi connectivity index (χ2n) is 5.60. The van der Waals surface area contributed by atoms with Crippen molar-refractivity contribution in [3.8, 4) is 0 Å². The molecular weight excluding hydrogens is 278 g/mol. The highest BCUT2D eigenvalue weighted by Gasteiger charge is 2.47. The lowest BCUT2D eigenvalue weighted by Crippen LogP contribution is -2.56. The van der Waals surface area contributed by atoms with E-state index in [1.54, 1.807) is 0 Å². The van der Waals surface area contributed by atoms with Crippen LogP contribution in [0.1, 0.15) is 6.92 Å². The number of nitro groups is 1.